The molecular weight excluding hydrogens is 206 g/mol. The van der Waals surface area contributed by atoms with Crippen LogP contribution in [-0.2, 0) is 0 Å². The Labute approximate surface area is 93.6 Å². The van der Waals surface area contributed by atoms with Gasteiger partial charge in [-0.15, -0.1) is 0 Å². The van der Waals surface area contributed by atoms with Crippen LogP contribution in [0, 0.1) is 0 Å². The number of benzene rings is 1. The summed E-state index contributed by atoms with van der Waals surface area (Å²) in [4.78, 5) is 6.01. The normalized spacial score (nSPS) is 10.2. The number of hydrogen-bond donors (Lipinski definition) is 0. The van der Waals surface area contributed by atoms with Gasteiger partial charge in [-0.2, -0.15) is 4.98 Å². The lowest BCUT2D eigenvalue weighted by Gasteiger charge is -2.02. The van der Waals surface area contributed by atoms with Crippen LogP contribution < -0.4 is 9.64 Å². The molecule has 0 radical (unpaired) electrons. The van der Waals surface area contributed by atoms with Crippen molar-refractivity contribution in [3.8, 4) is 17.1 Å². The van der Waals surface area contributed by atoms with Crippen molar-refractivity contribution in [1.82, 2.24) is 10.1 Å². The van der Waals surface area contributed by atoms with Gasteiger partial charge in [-0.25, -0.2) is 0 Å². The second-order valence-corrected chi connectivity index (χ2v) is 3.52. The van der Waals surface area contributed by atoms with Gasteiger partial charge in [-0.05, 0) is 24.3 Å². The SMILES string of the molecule is COc1ccc(-c2noc(N(C)C)n2)cc1. The van der Waals surface area contributed by atoms with E-state index in [4.69, 9.17) is 9.26 Å². The molecule has 0 aliphatic carbocycles. The van der Waals surface area contributed by atoms with Crippen molar-refractivity contribution in [2.24, 2.45) is 0 Å². The second-order valence-electron chi connectivity index (χ2n) is 3.52. The Bertz CT molecular complexity index is 462. The Morgan fingerprint density at radius 2 is 1.88 bits per heavy atom. The minimum absolute atomic E-state index is 0.491. The van der Waals surface area contributed by atoms with Crippen molar-refractivity contribution in [2.45, 2.75) is 0 Å². The number of hydrogen-bond acceptors (Lipinski definition) is 5. The minimum Gasteiger partial charge on any atom is -0.497 e. The molecule has 0 saturated carbocycles. The zero-order chi connectivity index (χ0) is 11.5. The maximum absolute atomic E-state index is 5.08. The molecule has 0 amide bonds. The van der Waals surface area contributed by atoms with E-state index in [-0.39, 0.29) is 0 Å². The highest BCUT2D eigenvalue weighted by molar-refractivity contribution is 5.56. The molecule has 2 aromatic rings. The van der Waals surface area contributed by atoms with E-state index in [0.717, 1.165) is 11.3 Å². The molecule has 84 valence electrons. The van der Waals surface area contributed by atoms with Crippen LogP contribution in [-0.4, -0.2) is 31.3 Å². The van der Waals surface area contributed by atoms with Gasteiger partial charge in [-0.1, -0.05) is 5.16 Å². The highest BCUT2D eigenvalue weighted by Crippen LogP contribution is 2.21. The van der Waals surface area contributed by atoms with Crippen molar-refractivity contribution in [1.29, 1.82) is 0 Å². The number of anilines is 1. The highest BCUT2D eigenvalue weighted by Gasteiger charge is 2.09. The van der Waals surface area contributed by atoms with Gasteiger partial charge >= 0.3 is 6.01 Å². The molecule has 0 bridgehead atoms. The van der Waals surface area contributed by atoms with Gasteiger partial charge in [0.2, 0.25) is 5.82 Å². The first-order chi connectivity index (χ1) is 7.70. The lowest BCUT2D eigenvalue weighted by molar-refractivity contribution is 0.414. The number of ether oxygens (including phenoxy) is 1. The lowest BCUT2D eigenvalue weighted by atomic mass is 10.2. The fraction of sp³-hybridized carbons (Fsp3) is 0.273. The van der Waals surface area contributed by atoms with E-state index in [2.05, 4.69) is 10.1 Å². The molecule has 2 rings (SSSR count). The number of nitrogens with zero attached hydrogens (tertiary/aromatic N) is 3. The van der Waals surface area contributed by atoms with Crippen LogP contribution in [0.4, 0.5) is 6.01 Å². The summed E-state index contributed by atoms with van der Waals surface area (Å²) in [5, 5.41) is 3.89. The van der Waals surface area contributed by atoms with E-state index in [0.29, 0.717) is 11.8 Å². The second kappa shape index (κ2) is 4.22. The lowest BCUT2D eigenvalue weighted by Crippen LogP contribution is -2.08. The van der Waals surface area contributed by atoms with Crippen molar-refractivity contribution in [3.63, 3.8) is 0 Å². The Hall–Kier alpha value is -2.04. The van der Waals surface area contributed by atoms with Crippen LogP contribution in [0.15, 0.2) is 28.8 Å². The molecule has 0 unspecified atom stereocenters. The molecule has 0 aliphatic heterocycles. The van der Waals surface area contributed by atoms with Gasteiger partial charge in [0.15, 0.2) is 0 Å². The number of rotatable bonds is 3. The van der Waals surface area contributed by atoms with Crippen LogP contribution in [0.3, 0.4) is 0 Å². The molecule has 1 heterocycles. The van der Waals surface area contributed by atoms with Gasteiger partial charge in [0, 0.05) is 19.7 Å². The Morgan fingerprint density at radius 3 is 2.38 bits per heavy atom. The van der Waals surface area contributed by atoms with E-state index in [1.54, 1.807) is 12.0 Å². The molecule has 0 saturated heterocycles. The Morgan fingerprint density at radius 1 is 1.19 bits per heavy atom. The first-order valence-electron chi connectivity index (χ1n) is 4.86. The van der Waals surface area contributed by atoms with E-state index in [1.165, 1.54) is 0 Å². The number of methoxy groups -OCH3 is 1. The summed E-state index contributed by atoms with van der Waals surface area (Å²) < 4.78 is 10.1. The monoisotopic (exact) mass is 219 g/mol. The molecule has 0 fully saturated rings. The van der Waals surface area contributed by atoms with E-state index >= 15 is 0 Å². The molecule has 5 heteroatoms. The maximum atomic E-state index is 5.08. The molecule has 1 aromatic heterocycles. The zero-order valence-corrected chi connectivity index (χ0v) is 9.47. The van der Waals surface area contributed by atoms with Crippen LogP contribution in [0.2, 0.25) is 0 Å². The summed E-state index contributed by atoms with van der Waals surface area (Å²) in [6, 6.07) is 8.00. The minimum atomic E-state index is 0.491. The zero-order valence-electron chi connectivity index (χ0n) is 9.47. The Balaban J connectivity index is 2.28. The predicted octanol–water partition coefficient (Wildman–Crippen LogP) is 1.81. The first kappa shape index (κ1) is 10.5. The van der Waals surface area contributed by atoms with E-state index < -0.39 is 0 Å². The first-order valence-corrected chi connectivity index (χ1v) is 4.86. The summed E-state index contributed by atoms with van der Waals surface area (Å²) in [6.45, 7) is 0. The average Bonchev–Trinajstić information content (AvgIpc) is 2.78. The largest absolute Gasteiger partial charge is 0.497 e. The summed E-state index contributed by atoms with van der Waals surface area (Å²) in [5.74, 6) is 1.38. The topological polar surface area (TPSA) is 51.4 Å². The summed E-state index contributed by atoms with van der Waals surface area (Å²) in [7, 11) is 5.34. The maximum Gasteiger partial charge on any atom is 0.323 e. The van der Waals surface area contributed by atoms with Crippen molar-refractivity contribution in [3.05, 3.63) is 24.3 Å². The van der Waals surface area contributed by atoms with Crippen LogP contribution in [0.5, 0.6) is 5.75 Å². The van der Waals surface area contributed by atoms with E-state index in [1.807, 2.05) is 38.4 Å². The fourth-order valence-corrected chi connectivity index (χ4v) is 1.25. The quantitative estimate of drug-likeness (QED) is 0.788. The fourth-order valence-electron chi connectivity index (χ4n) is 1.25. The van der Waals surface area contributed by atoms with Gasteiger partial charge in [0.25, 0.3) is 0 Å². The molecule has 16 heavy (non-hydrogen) atoms. The van der Waals surface area contributed by atoms with Crippen molar-refractivity contribution < 1.29 is 9.26 Å². The van der Waals surface area contributed by atoms with Gasteiger partial charge in [0.1, 0.15) is 5.75 Å². The highest BCUT2D eigenvalue weighted by atomic mass is 16.5. The molecule has 0 atom stereocenters. The molecule has 1 aromatic carbocycles. The molecule has 0 N–H and O–H groups in total. The predicted molar refractivity (Wildman–Crippen MR) is 60.6 cm³/mol. The third-order valence-electron chi connectivity index (χ3n) is 2.15. The molecule has 5 nitrogen and oxygen atoms in total. The third-order valence-corrected chi connectivity index (χ3v) is 2.15. The average molecular weight is 219 g/mol. The smallest absolute Gasteiger partial charge is 0.323 e. The third kappa shape index (κ3) is 1.98. The van der Waals surface area contributed by atoms with Crippen LogP contribution in [0.1, 0.15) is 0 Å². The van der Waals surface area contributed by atoms with Crippen molar-refractivity contribution in [2.75, 3.05) is 26.1 Å². The summed E-state index contributed by atoms with van der Waals surface area (Å²) in [6.07, 6.45) is 0. The van der Waals surface area contributed by atoms with Crippen molar-refractivity contribution >= 4 is 6.01 Å². The van der Waals surface area contributed by atoms with Gasteiger partial charge in [-0.3, -0.25) is 0 Å². The summed E-state index contributed by atoms with van der Waals surface area (Å²) in [5.41, 5.74) is 0.901. The number of aromatic nitrogens is 2. The van der Waals surface area contributed by atoms with Gasteiger partial charge < -0.3 is 14.2 Å². The van der Waals surface area contributed by atoms with E-state index in [9.17, 15) is 0 Å². The van der Waals surface area contributed by atoms with Crippen LogP contribution >= 0.6 is 0 Å². The molecule has 0 spiro atoms. The van der Waals surface area contributed by atoms with Gasteiger partial charge in [0.05, 0.1) is 7.11 Å². The molecular formula is C11H13N3O2. The molecule has 0 aliphatic rings. The Kier molecular flexibility index (Phi) is 2.76. The standard InChI is InChI=1S/C11H13N3O2/c1-14(2)11-12-10(13-16-11)8-4-6-9(15-3)7-5-8/h4-7H,1-3H3. The van der Waals surface area contributed by atoms with Crippen LogP contribution in [0.25, 0.3) is 11.4 Å². The summed E-state index contributed by atoms with van der Waals surface area (Å²) >= 11 is 0.